The predicted octanol–water partition coefficient (Wildman–Crippen LogP) is 2.41. The zero-order chi connectivity index (χ0) is 12.9. The molecule has 17 heavy (non-hydrogen) atoms. The van der Waals surface area contributed by atoms with Crippen LogP contribution < -0.4 is 10.6 Å². The highest BCUT2D eigenvalue weighted by Crippen LogP contribution is 2.19. The van der Waals surface area contributed by atoms with Crippen LogP contribution in [-0.4, -0.2) is 25.2 Å². The minimum Gasteiger partial charge on any atom is -0.376 e. The van der Waals surface area contributed by atoms with Gasteiger partial charge >= 0.3 is 6.18 Å². The Balaban J connectivity index is 2.81. The van der Waals surface area contributed by atoms with Crippen LogP contribution in [0.3, 0.4) is 0 Å². The van der Waals surface area contributed by atoms with E-state index in [1.807, 2.05) is 0 Å². The highest BCUT2D eigenvalue weighted by atomic mass is 19.4. The monoisotopic (exact) mass is 246 g/mol. The van der Waals surface area contributed by atoms with E-state index in [0.29, 0.717) is 6.54 Å². The number of anilines is 1. The molecule has 0 saturated carbocycles. The molecule has 0 saturated heterocycles. The van der Waals surface area contributed by atoms with Gasteiger partial charge in [0.15, 0.2) is 0 Å². The molecule has 0 heterocycles. The number of carbonyl (C=O) groups is 1. The average molecular weight is 246 g/mol. The van der Waals surface area contributed by atoms with E-state index in [9.17, 15) is 18.0 Å². The van der Waals surface area contributed by atoms with Crippen molar-refractivity contribution in [3.05, 3.63) is 29.8 Å². The summed E-state index contributed by atoms with van der Waals surface area (Å²) in [6.07, 6.45) is -4.31. The van der Waals surface area contributed by atoms with Crippen LogP contribution >= 0.6 is 0 Å². The van der Waals surface area contributed by atoms with E-state index in [-0.39, 0.29) is 11.3 Å². The summed E-state index contributed by atoms with van der Waals surface area (Å²) in [5.41, 5.74) is 0.384. The molecule has 0 spiro atoms. The van der Waals surface area contributed by atoms with Crippen LogP contribution in [0.25, 0.3) is 0 Å². The predicted molar refractivity (Wildman–Crippen MR) is 59.0 cm³/mol. The fraction of sp³-hybridized carbons (Fsp3) is 0.364. The molecule has 2 N–H and O–H groups in total. The zero-order valence-electron chi connectivity index (χ0n) is 9.27. The number of alkyl halides is 3. The van der Waals surface area contributed by atoms with Crippen LogP contribution in [0.4, 0.5) is 18.9 Å². The molecular weight excluding hydrogens is 233 g/mol. The van der Waals surface area contributed by atoms with Crippen LogP contribution in [-0.2, 0) is 0 Å². The van der Waals surface area contributed by atoms with Gasteiger partial charge in [-0.25, -0.2) is 0 Å². The maximum Gasteiger partial charge on any atom is 0.405 e. The van der Waals surface area contributed by atoms with Gasteiger partial charge in [-0.2, -0.15) is 13.2 Å². The van der Waals surface area contributed by atoms with Gasteiger partial charge in [0.1, 0.15) is 6.54 Å². The van der Waals surface area contributed by atoms with E-state index in [2.05, 4.69) is 10.6 Å². The maximum atomic E-state index is 12.1. The summed E-state index contributed by atoms with van der Waals surface area (Å²) in [4.78, 5) is 11.6. The first-order valence-electron chi connectivity index (χ1n) is 5.12. The summed E-state index contributed by atoms with van der Waals surface area (Å²) in [5.74, 6) is -0.391. The van der Waals surface area contributed by atoms with Gasteiger partial charge in [-0.1, -0.05) is 12.1 Å². The van der Waals surface area contributed by atoms with E-state index >= 15 is 0 Å². The SMILES string of the molecule is CCNC(=O)c1ccccc1NCC(F)(F)F. The van der Waals surface area contributed by atoms with Gasteiger partial charge in [-0.15, -0.1) is 0 Å². The molecule has 0 aliphatic carbocycles. The lowest BCUT2D eigenvalue weighted by Crippen LogP contribution is -2.26. The molecule has 0 unspecified atom stereocenters. The Labute approximate surface area is 97.0 Å². The van der Waals surface area contributed by atoms with E-state index in [4.69, 9.17) is 0 Å². The van der Waals surface area contributed by atoms with Gasteiger partial charge in [-0.05, 0) is 19.1 Å². The van der Waals surface area contributed by atoms with Gasteiger partial charge in [0, 0.05) is 12.2 Å². The third-order valence-electron chi connectivity index (χ3n) is 1.99. The largest absolute Gasteiger partial charge is 0.405 e. The third-order valence-corrected chi connectivity index (χ3v) is 1.99. The number of para-hydroxylation sites is 1. The van der Waals surface area contributed by atoms with Gasteiger partial charge in [-0.3, -0.25) is 4.79 Å². The van der Waals surface area contributed by atoms with E-state index in [0.717, 1.165) is 0 Å². The molecule has 1 aromatic carbocycles. The Morgan fingerprint density at radius 1 is 1.29 bits per heavy atom. The Hall–Kier alpha value is -1.72. The average Bonchev–Trinajstić information content (AvgIpc) is 2.26. The minimum atomic E-state index is -4.31. The second-order valence-corrected chi connectivity index (χ2v) is 3.37. The highest BCUT2D eigenvalue weighted by Gasteiger charge is 2.27. The molecule has 0 atom stereocenters. The molecular formula is C11H13F3N2O. The summed E-state index contributed by atoms with van der Waals surface area (Å²) >= 11 is 0. The highest BCUT2D eigenvalue weighted by molar-refractivity contribution is 5.99. The van der Waals surface area contributed by atoms with E-state index < -0.39 is 18.6 Å². The van der Waals surface area contributed by atoms with E-state index in [1.165, 1.54) is 12.1 Å². The summed E-state index contributed by atoms with van der Waals surface area (Å²) in [7, 11) is 0. The number of carbonyl (C=O) groups excluding carboxylic acids is 1. The molecule has 94 valence electrons. The molecule has 0 bridgehead atoms. The maximum absolute atomic E-state index is 12.1. The fourth-order valence-corrected chi connectivity index (χ4v) is 1.29. The molecule has 0 aliphatic heterocycles. The number of hydrogen-bond acceptors (Lipinski definition) is 2. The van der Waals surface area contributed by atoms with Crippen LogP contribution in [0.15, 0.2) is 24.3 Å². The first-order valence-corrected chi connectivity index (χ1v) is 5.12. The molecule has 0 radical (unpaired) electrons. The van der Waals surface area contributed by atoms with E-state index in [1.54, 1.807) is 19.1 Å². The molecule has 0 aromatic heterocycles. The summed E-state index contributed by atoms with van der Waals surface area (Å²) in [5, 5.41) is 4.75. The first-order chi connectivity index (χ1) is 7.94. The first kappa shape index (κ1) is 13.3. The van der Waals surface area contributed by atoms with Gasteiger partial charge < -0.3 is 10.6 Å². The summed E-state index contributed by atoms with van der Waals surface area (Å²) in [6, 6.07) is 6.09. The number of nitrogens with one attached hydrogen (secondary N) is 2. The second-order valence-electron chi connectivity index (χ2n) is 3.37. The van der Waals surface area contributed by atoms with Crippen LogP contribution in [0.1, 0.15) is 17.3 Å². The number of benzene rings is 1. The molecule has 1 amide bonds. The Morgan fingerprint density at radius 2 is 1.94 bits per heavy atom. The van der Waals surface area contributed by atoms with Gasteiger partial charge in [0.25, 0.3) is 5.91 Å². The van der Waals surface area contributed by atoms with Crippen molar-refractivity contribution in [3.8, 4) is 0 Å². The van der Waals surface area contributed by atoms with Gasteiger partial charge in [0.2, 0.25) is 0 Å². The normalized spacial score (nSPS) is 11.1. The summed E-state index contributed by atoms with van der Waals surface area (Å²) in [6.45, 7) is 1.000. The van der Waals surface area contributed by atoms with Crippen molar-refractivity contribution in [2.24, 2.45) is 0 Å². The number of rotatable bonds is 4. The summed E-state index contributed by atoms with van der Waals surface area (Å²) < 4.78 is 36.2. The number of amides is 1. The third kappa shape index (κ3) is 4.34. The van der Waals surface area contributed by atoms with Crippen molar-refractivity contribution in [2.45, 2.75) is 13.1 Å². The van der Waals surface area contributed by atoms with Crippen LogP contribution in [0.5, 0.6) is 0 Å². The molecule has 3 nitrogen and oxygen atoms in total. The topological polar surface area (TPSA) is 41.1 Å². The lowest BCUT2D eigenvalue weighted by Gasteiger charge is -2.13. The van der Waals surface area contributed by atoms with Crippen LogP contribution in [0.2, 0.25) is 0 Å². The molecule has 0 aliphatic rings. The Kier molecular flexibility index (Phi) is 4.37. The van der Waals surface area contributed by atoms with Crippen molar-refractivity contribution >= 4 is 11.6 Å². The van der Waals surface area contributed by atoms with Crippen molar-refractivity contribution in [1.82, 2.24) is 5.32 Å². The minimum absolute atomic E-state index is 0.177. The van der Waals surface area contributed by atoms with Crippen molar-refractivity contribution in [3.63, 3.8) is 0 Å². The molecule has 0 fully saturated rings. The molecule has 1 aromatic rings. The smallest absolute Gasteiger partial charge is 0.376 e. The molecule has 1 rings (SSSR count). The lowest BCUT2D eigenvalue weighted by molar-refractivity contribution is -0.115. The Morgan fingerprint density at radius 3 is 2.53 bits per heavy atom. The Bertz CT molecular complexity index is 391. The molecule has 6 heteroatoms. The fourth-order valence-electron chi connectivity index (χ4n) is 1.29. The standard InChI is InChI=1S/C11H13F3N2O/c1-2-15-10(17)8-5-3-4-6-9(8)16-7-11(12,13)14/h3-6,16H,2,7H2,1H3,(H,15,17). The zero-order valence-corrected chi connectivity index (χ0v) is 9.27. The van der Waals surface area contributed by atoms with Crippen molar-refractivity contribution in [1.29, 1.82) is 0 Å². The van der Waals surface area contributed by atoms with Crippen LogP contribution in [0, 0.1) is 0 Å². The van der Waals surface area contributed by atoms with Crippen molar-refractivity contribution in [2.75, 3.05) is 18.4 Å². The number of hydrogen-bond donors (Lipinski definition) is 2. The number of halogens is 3. The van der Waals surface area contributed by atoms with Crippen molar-refractivity contribution < 1.29 is 18.0 Å². The van der Waals surface area contributed by atoms with Gasteiger partial charge in [0.05, 0.1) is 5.56 Å². The lowest BCUT2D eigenvalue weighted by atomic mass is 10.1. The quantitative estimate of drug-likeness (QED) is 0.856. The second kappa shape index (κ2) is 5.56.